The summed E-state index contributed by atoms with van der Waals surface area (Å²) >= 11 is 0. The van der Waals surface area contributed by atoms with Gasteiger partial charge in [0.05, 0.1) is 6.61 Å². The van der Waals surface area contributed by atoms with Crippen molar-refractivity contribution in [2.45, 2.75) is 13.0 Å². The average Bonchev–Trinajstić information content (AvgIpc) is 2.43. The zero-order valence-corrected chi connectivity index (χ0v) is 11.1. The van der Waals surface area contributed by atoms with Gasteiger partial charge in [-0.05, 0) is 6.42 Å². The van der Waals surface area contributed by atoms with Gasteiger partial charge in [-0.3, -0.25) is 0 Å². The Morgan fingerprint density at radius 2 is 1.78 bits per heavy atom. The van der Waals surface area contributed by atoms with Crippen LogP contribution in [-0.4, -0.2) is 50.5 Å². The average molecular weight is 254 g/mol. The van der Waals surface area contributed by atoms with Crippen LogP contribution in [0.5, 0.6) is 0 Å². The predicted molar refractivity (Wildman–Crippen MR) is 70.5 cm³/mol. The molecule has 0 aliphatic carbocycles. The van der Waals surface area contributed by atoms with E-state index in [-0.39, 0.29) is 0 Å². The van der Waals surface area contributed by atoms with Crippen molar-refractivity contribution in [3.05, 3.63) is 18.0 Å². The molecule has 0 spiro atoms. The highest BCUT2D eigenvalue weighted by Crippen LogP contribution is 2.07. The van der Waals surface area contributed by atoms with Gasteiger partial charge in [0.15, 0.2) is 0 Å². The Balaban J connectivity index is 2.60. The maximum atomic E-state index is 5.52. The van der Waals surface area contributed by atoms with Crippen molar-refractivity contribution < 1.29 is 9.47 Å². The molecule has 1 rings (SSSR count). The SMILES string of the molecule is COCCCN(CCOC)c1ncc(CN)cn1. The van der Waals surface area contributed by atoms with Crippen LogP contribution in [0.3, 0.4) is 0 Å². The summed E-state index contributed by atoms with van der Waals surface area (Å²) in [7, 11) is 3.39. The molecule has 0 bridgehead atoms. The van der Waals surface area contributed by atoms with E-state index in [1.54, 1.807) is 26.6 Å². The predicted octanol–water partition coefficient (Wildman–Crippen LogP) is 0.425. The normalized spacial score (nSPS) is 10.6. The van der Waals surface area contributed by atoms with Gasteiger partial charge in [-0.25, -0.2) is 9.97 Å². The third-order valence-corrected chi connectivity index (χ3v) is 2.55. The molecule has 1 aromatic rings. The molecule has 2 N–H and O–H groups in total. The van der Waals surface area contributed by atoms with E-state index in [0.29, 0.717) is 19.1 Å². The Kier molecular flexibility index (Phi) is 7.24. The third-order valence-electron chi connectivity index (χ3n) is 2.55. The molecule has 0 saturated heterocycles. The molecule has 0 aromatic carbocycles. The molecule has 0 atom stereocenters. The van der Waals surface area contributed by atoms with Crippen LogP contribution in [0.4, 0.5) is 5.95 Å². The summed E-state index contributed by atoms with van der Waals surface area (Å²) in [6.45, 7) is 3.45. The van der Waals surface area contributed by atoms with Gasteiger partial charge in [0.25, 0.3) is 0 Å². The fraction of sp³-hybridized carbons (Fsp3) is 0.667. The van der Waals surface area contributed by atoms with E-state index in [9.17, 15) is 0 Å². The molecular formula is C12H22N4O2. The zero-order chi connectivity index (χ0) is 13.2. The van der Waals surface area contributed by atoms with Gasteiger partial charge in [0, 0.05) is 58.4 Å². The minimum Gasteiger partial charge on any atom is -0.385 e. The summed E-state index contributed by atoms with van der Waals surface area (Å²) in [5, 5.41) is 0. The van der Waals surface area contributed by atoms with Crippen molar-refractivity contribution in [1.82, 2.24) is 9.97 Å². The third kappa shape index (κ3) is 4.95. The molecule has 1 aromatic heterocycles. The van der Waals surface area contributed by atoms with Gasteiger partial charge in [-0.15, -0.1) is 0 Å². The molecule has 102 valence electrons. The Bertz CT molecular complexity index is 318. The molecule has 18 heavy (non-hydrogen) atoms. The molecule has 0 unspecified atom stereocenters. The lowest BCUT2D eigenvalue weighted by Crippen LogP contribution is -2.30. The van der Waals surface area contributed by atoms with E-state index < -0.39 is 0 Å². The Labute approximate surface area is 108 Å². The van der Waals surface area contributed by atoms with E-state index in [2.05, 4.69) is 14.9 Å². The van der Waals surface area contributed by atoms with Crippen LogP contribution in [0.25, 0.3) is 0 Å². The van der Waals surface area contributed by atoms with Crippen LogP contribution in [0, 0.1) is 0 Å². The van der Waals surface area contributed by atoms with Crippen LogP contribution < -0.4 is 10.6 Å². The maximum absolute atomic E-state index is 5.52. The molecule has 0 fully saturated rings. The molecule has 1 heterocycles. The van der Waals surface area contributed by atoms with Gasteiger partial charge in [-0.2, -0.15) is 0 Å². The van der Waals surface area contributed by atoms with Gasteiger partial charge >= 0.3 is 0 Å². The topological polar surface area (TPSA) is 73.5 Å². The number of nitrogens with two attached hydrogens (primary N) is 1. The molecule has 6 heteroatoms. The number of methoxy groups -OCH3 is 2. The molecule has 6 nitrogen and oxygen atoms in total. The number of rotatable bonds is 9. The van der Waals surface area contributed by atoms with Crippen molar-refractivity contribution in [2.24, 2.45) is 5.73 Å². The number of nitrogens with zero attached hydrogens (tertiary/aromatic N) is 3. The number of aromatic nitrogens is 2. The Morgan fingerprint density at radius 1 is 1.11 bits per heavy atom. The fourth-order valence-electron chi connectivity index (χ4n) is 1.53. The van der Waals surface area contributed by atoms with Crippen molar-refractivity contribution >= 4 is 5.95 Å². The zero-order valence-electron chi connectivity index (χ0n) is 11.1. The van der Waals surface area contributed by atoms with Crippen LogP contribution in [0.2, 0.25) is 0 Å². The summed E-state index contributed by atoms with van der Waals surface area (Å²) in [6.07, 6.45) is 4.46. The molecule has 0 amide bonds. The summed E-state index contributed by atoms with van der Waals surface area (Å²) < 4.78 is 10.2. The summed E-state index contributed by atoms with van der Waals surface area (Å²) in [6, 6.07) is 0. The van der Waals surface area contributed by atoms with Crippen molar-refractivity contribution in [1.29, 1.82) is 0 Å². The molecule has 0 radical (unpaired) electrons. The second-order valence-electron chi connectivity index (χ2n) is 3.92. The highest BCUT2D eigenvalue weighted by molar-refractivity contribution is 5.29. The van der Waals surface area contributed by atoms with Crippen molar-refractivity contribution in [2.75, 3.05) is 45.4 Å². The van der Waals surface area contributed by atoms with Gasteiger partial charge < -0.3 is 20.1 Å². The standard InChI is InChI=1S/C12H22N4O2/c1-17-6-3-4-16(5-7-18-2)12-14-9-11(8-13)10-15-12/h9-10H,3-8,13H2,1-2H3. The lowest BCUT2D eigenvalue weighted by atomic mass is 10.3. The summed E-state index contributed by atoms with van der Waals surface area (Å²) in [4.78, 5) is 10.7. The van der Waals surface area contributed by atoms with Crippen molar-refractivity contribution in [3.63, 3.8) is 0 Å². The van der Waals surface area contributed by atoms with E-state index in [0.717, 1.165) is 31.7 Å². The fourth-order valence-corrected chi connectivity index (χ4v) is 1.53. The van der Waals surface area contributed by atoms with Crippen LogP contribution in [0.1, 0.15) is 12.0 Å². The molecule has 0 aliphatic heterocycles. The van der Waals surface area contributed by atoms with E-state index in [1.165, 1.54) is 0 Å². The van der Waals surface area contributed by atoms with Crippen LogP contribution >= 0.6 is 0 Å². The largest absolute Gasteiger partial charge is 0.385 e. The van der Waals surface area contributed by atoms with Gasteiger partial charge in [0.1, 0.15) is 0 Å². The second-order valence-corrected chi connectivity index (χ2v) is 3.92. The Morgan fingerprint density at radius 3 is 2.33 bits per heavy atom. The first-order chi connectivity index (χ1) is 8.81. The maximum Gasteiger partial charge on any atom is 0.225 e. The molecule has 0 aliphatic rings. The lowest BCUT2D eigenvalue weighted by Gasteiger charge is -2.22. The first-order valence-electron chi connectivity index (χ1n) is 6.05. The van der Waals surface area contributed by atoms with Gasteiger partial charge in [0.2, 0.25) is 5.95 Å². The highest BCUT2D eigenvalue weighted by atomic mass is 16.5. The smallest absolute Gasteiger partial charge is 0.225 e. The number of anilines is 1. The van der Waals surface area contributed by atoms with Crippen LogP contribution in [0.15, 0.2) is 12.4 Å². The quantitative estimate of drug-likeness (QED) is 0.644. The number of hydrogen-bond acceptors (Lipinski definition) is 6. The first-order valence-corrected chi connectivity index (χ1v) is 6.05. The summed E-state index contributed by atoms with van der Waals surface area (Å²) in [5.41, 5.74) is 6.46. The van der Waals surface area contributed by atoms with E-state index in [4.69, 9.17) is 15.2 Å². The summed E-state index contributed by atoms with van der Waals surface area (Å²) in [5.74, 6) is 0.709. The minimum absolute atomic E-state index is 0.460. The first kappa shape index (κ1) is 14.8. The Hall–Kier alpha value is -1.24. The lowest BCUT2D eigenvalue weighted by molar-refractivity contribution is 0.190. The molecule has 0 saturated carbocycles. The minimum atomic E-state index is 0.460. The van der Waals surface area contributed by atoms with Gasteiger partial charge in [-0.1, -0.05) is 0 Å². The molecular weight excluding hydrogens is 232 g/mol. The van der Waals surface area contributed by atoms with Crippen LogP contribution in [-0.2, 0) is 16.0 Å². The number of hydrogen-bond donors (Lipinski definition) is 1. The van der Waals surface area contributed by atoms with E-state index in [1.807, 2.05) is 0 Å². The monoisotopic (exact) mass is 254 g/mol. The van der Waals surface area contributed by atoms with E-state index >= 15 is 0 Å². The highest BCUT2D eigenvalue weighted by Gasteiger charge is 2.08. The second kappa shape index (κ2) is 8.79. The van der Waals surface area contributed by atoms with Crippen molar-refractivity contribution in [3.8, 4) is 0 Å². The number of ether oxygens (including phenoxy) is 2.